The second-order valence-corrected chi connectivity index (χ2v) is 12.6. The van der Waals surface area contributed by atoms with E-state index in [-0.39, 0.29) is 16.3 Å². The lowest BCUT2D eigenvalue weighted by Crippen LogP contribution is -2.30. The number of aryl methyl sites for hydroxylation is 1. The highest BCUT2D eigenvalue weighted by Crippen LogP contribution is 2.38. The maximum absolute atomic E-state index is 10.4. The molecule has 1 saturated carbocycles. The number of hydrogen-bond donors (Lipinski definition) is 1. The Morgan fingerprint density at radius 3 is 2.16 bits per heavy atom. The van der Waals surface area contributed by atoms with Gasteiger partial charge in [0.25, 0.3) is 0 Å². The van der Waals surface area contributed by atoms with Crippen LogP contribution in [0.1, 0.15) is 57.6 Å². The van der Waals surface area contributed by atoms with E-state index < -0.39 is 16.5 Å². The SMILES string of the molecule is CC(C)(C)C1CCC(OS(=O)(=O)[O-])CC1.Cc1cc(O)ccc1[S+](C)Cc1ccccc1. The molecular formula is C25H36O5S2. The van der Waals surface area contributed by atoms with Crippen LogP contribution in [0, 0.1) is 18.3 Å². The molecule has 1 fully saturated rings. The summed E-state index contributed by atoms with van der Waals surface area (Å²) in [7, 11) is -4.34. The number of phenols is 1. The largest absolute Gasteiger partial charge is 0.726 e. The Morgan fingerprint density at radius 2 is 1.66 bits per heavy atom. The van der Waals surface area contributed by atoms with Crippen molar-refractivity contribution in [3.8, 4) is 5.75 Å². The Morgan fingerprint density at radius 1 is 1.06 bits per heavy atom. The quantitative estimate of drug-likeness (QED) is 0.343. The number of aromatic hydroxyl groups is 1. The number of phenolic OH excluding ortho intramolecular Hbond substituents is 1. The van der Waals surface area contributed by atoms with Gasteiger partial charge in [-0.25, -0.2) is 8.42 Å². The highest BCUT2D eigenvalue weighted by Gasteiger charge is 2.30. The number of benzene rings is 2. The minimum atomic E-state index is -4.53. The van der Waals surface area contributed by atoms with E-state index in [2.05, 4.69) is 62.4 Å². The van der Waals surface area contributed by atoms with Gasteiger partial charge in [-0.3, -0.25) is 4.18 Å². The average molecular weight is 481 g/mol. The van der Waals surface area contributed by atoms with Gasteiger partial charge in [-0.15, -0.1) is 0 Å². The molecule has 0 spiro atoms. The van der Waals surface area contributed by atoms with Crippen molar-refractivity contribution < 1.29 is 22.3 Å². The molecule has 0 aromatic heterocycles. The van der Waals surface area contributed by atoms with E-state index in [0.29, 0.717) is 24.5 Å². The van der Waals surface area contributed by atoms with Gasteiger partial charge in [0.1, 0.15) is 17.8 Å². The van der Waals surface area contributed by atoms with Gasteiger partial charge in [0, 0.05) is 22.0 Å². The molecule has 0 radical (unpaired) electrons. The molecule has 0 bridgehead atoms. The van der Waals surface area contributed by atoms with Crippen LogP contribution in [0.25, 0.3) is 0 Å². The standard InChI is InChI=1S/C15H16OS.C10H20O4S/c1-12-10-14(16)8-9-15(12)17(2)11-13-6-4-3-5-7-13;1-10(2,3)8-4-6-9(7-5-8)14-15(11,12)13/h3-10H,11H2,1-2H3;8-9H,4-7H2,1-3H3,(H,11,12,13). The lowest BCUT2D eigenvalue weighted by molar-refractivity contribution is 0.0827. The fourth-order valence-electron chi connectivity index (χ4n) is 4.12. The fraction of sp³-hybridized carbons (Fsp3) is 0.520. The minimum absolute atomic E-state index is 0.185. The molecule has 1 aliphatic carbocycles. The van der Waals surface area contributed by atoms with Gasteiger partial charge in [-0.1, -0.05) is 51.1 Å². The Labute approximate surface area is 196 Å². The Hall–Kier alpha value is -1.54. The van der Waals surface area contributed by atoms with Gasteiger partial charge in [0.05, 0.1) is 6.10 Å². The normalized spacial score (nSPS) is 20.2. The molecule has 0 saturated heterocycles. The Bertz CT molecular complexity index is 944. The molecule has 1 aliphatic rings. The smallest absolute Gasteiger partial charge is 0.217 e. The van der Waals surface area contributed by atoms with Crippen LogP contribution < -0.4 is 0 Å². The molecule has 3 rings (SSSR count). The minimum Gasteiger partial charge on any atom is -0.726 e. The van der Waals surface area contributed by atoms with Crippen LogP contribution in [-0.2, 0) is 31.2 Å². The summed E-state index contributed by atoms with van der Waals surface area (Å²) >= 11 is 0. The first-order valence-electron chi connectivity index (χ1n) is 11.0. The van der Waals surface area contributed by atoms with E-state index in [1.54, 1.807) is 6.07 Å². The van der Waals surface area contributed by atoms with Crippen LogP contribution in [0.4, 0.5) is 0 Å². The molecule has 1 N–H and O–H groups in total. The molecule has 7 heteroatoms. The summed E-state index contributed by atoms with van der Waals surface area (Å²) in [6.07, 6.45) is 5.07. The van der Waals surface area contributed by atoms with Gasteiger partial charge in [-0.05, 0) is 62.1 Å². The van der Waals surface area contributed by atoms with E-state index in [1.165, 1.54) is 16.0 Å². The highest BCUT2D eigenvalue weighted by molar-refractivity contribution is 7.95. The molecule has 2 aromatic carbocycles. The van der Waals surface area contributed by atoms with Crippen LogP contribution in [-0.4, -0.2) is 30.4 Å². The Balaban J connectivity index is 0.000000229. The zero-order valence-electron chi connectivity index (χ0n) is 19.7. The van der Waals surface area contributed by atoms with E-state index >= 15 is 0 Å². The van der Waals surface area contributed by atoms with Crippen LogP contribution in [0.15, 0.2) is 53.4 Å². The third-order valence-electron chi connectivity index (χ3n) is 5.91. The molecule has 1 unspecified atom stereocenters. The van der Waals surface area contributed by atoms with Crippen LogP contribution in [0.2, 0.25) is 0 Å². The van der Waals surface area contributed by atoms with Crippen molar-refractivity contribution in [3.63, 3.8) is 0 Å². The van der Waals surface area contributed by atoms with Crippen molar-refractivity contribution in [2.75, 3.05) is 6.26 Å². The lowest BCUT2D eigenvalue weighted by Gasteiger charge is -2.36. The summed E-state index contributed by atoms with van der Waals surface area (Å²) in [5.74, 6) is 2.00. The van der Waals surface area contributed by atoms with Crippen molar-refractivity contribution in [2.45, 2.75) is 70.1 Å². The first kappa shape index (κ1) is 26.7. The molecular weight excluding hydrogens is 444 g/mol. The Kier molecular flexibility index (Phi) is 9.64. The summed E-state index contributed by atoms with van der Waals surface area (Å²) < 4.78 is 35.7. The number of hydrogen-bond acceptors (Lipinski definition) is 5. The van der Waals surface area contributed by atoms with Crippen molar-refractivity contribution in [3.05, 3.63) is 59.7 Å². The fourth-order valence-corrected chi connectivity index (χ4v) is 6.40. The maximum atomic E-state index is 10.4. The topological polar surface area (TPSA) is 86.7 Å². The highest BCUT2D eigenvalue weighted by atomic mass is 32.3. The molecule has 5 nitrogen and oxygen atoms in total. The molecule has 0 amide bonds. The van der Waals surface area contributed by atoms with E-state index in [4.69, 9.17) is 0 Å². The van der Waals surface area contributed by atoms with Gasteiger partial charge in [0.15, 0.2) is 4.90 Å². The van der Waals surface area contributed by atoms with Crippen molar-refractivity contribution in [1.29, 1.82) is 0 Å². The third kappa shape index (κ3) is 9.14. The summed E-state index contributed by atoms with van der Waals surface area (Å²) in [5.41, 5.74) is 2.79. The monoisotopic (exact) mass is 480 g/mol. The van der Waals surface area contributed by atoms with E-state index in [1.807, 2.05) is 18.2 Å². The number of rotatable bonds is 5. The molecule has 1 atom stereocenters. The van der Waals surface area contributed by atoms with Crippen LogP contribution >= 0.6 is 0 Å². The van der Waals surface area contributed by atoms with Crippen molar-refractivity contribution >= 4 is 21.3 Å². The second kappa shape index (κ2) is 11.5. The van der Waals surface area contributed by atoms with E-state index in [9.17, 15) is 18.1 Å². The van der Waals surface area contributed by atoms with Crippen LogP contribution in [0.3, 0.4) is 0 Å². The second-order valence-electron chi connectivity index (χ2n) is 9.56. The summed E-state index contributed by atoms with van der Waals surface area (Å²) in [6, 6.07) is 16.2. The summed E-state index contributed by atoms with van der Waals surface area (Å²) in [5, 5.41) is 9.41. The lowest BCUT2D eigenvalue weighted by atomic mass is 9.72. The molecule has 0 aliphatic heterocycles. The zero-order chi connectivity index (χ0) is 23.9. The van der Waals surface area contributed by atoms with Crippen molar-refractivity contribution in [1.82, 2.24) is 0 Å². The van der Waals surface area contributed by atoms with Gasteiger partial charge in [0.2, 0.25) is 10.4 Å². The predicted octanol–water partition coefficient (Wildman–Crippen LogP) is 5.58. The molecule has 32 heavy (non-hydrogen) atoms. The van der Waals surface area contributed by atoms with Gasteiger partial charge < -0.3 is 9.66 Å². The molecule has 178 valence electrons. The predicted molar refractivity (Wildman–Crippen MR) is 131 cm³/mol. The third-order valence-corrected chi connectivity index (χ3v) is 8.40. The first-order valence-corrected chi connectivity index (χ1v) is 14.1. The zero-order valence-corrected chi connectivity index (χ0v) is 21.3. The molecule has 2 aromatic rings. The maximum Gasteiger partial charge on any atom is 0.217 e. The summed E-state index contributed by atoms with van der Waals surface area (Å²) in [4.78, 5) is 1.34. The average Bonchev–Trinajstić information content (AvgIpc) is 2.67. The van der Waals surface area contributed by atoms with E-state index in [0.717, 1.165) is 18.6 Å². The van der Waals surface area contributed by atoms with Gasteiger partial charge in [-0.2, -0.15) is 0 Å². The molecule has 0 heterocycles. The first-order chi connectivity index (χ1) is 14.8. The van der Waals surface area contributed by atoms with Crippen molar-refractivity contribution in [2.24, 2.45) is 11.3 Å². The van der Waals surface area contributed by atoms with Crippen LogP contribution in [0.5, 0.6) is 5.75 Å². The van der Waals surface area contributed by atoms with Gasteiger partial charge >= 0.3 is 0 Å². The summed E-state index contributed by atoms with van der Waals surface area (Å²) in [6.45, 7) is 8.61.